The number of hydrogen-bond donors (Lipinski definition) is 1. The third kappa shape index (κ3) is 6.76. The van der Waals surface area contributed by atoms with Crippen molar-refractivity contribution in [2.45, 2.75) is 32.6 Å². The predicted molar refractivity (Wildman–Crippen MR) is 105 cm³/mol. The standard InChI is InChI=1S/C19H37N5O2/c1-4-26-18(25)17-8-5-13-24(16-17)19(20-2)21-9-6-11-23-12-7-10-22(3)14-15-23/h17H,4-16H2,1-3H3,(H,20,21). The molecule has 7 nitrogen and oxygen atoms in total. The van der Waals surface area contributed by atoms with Crippen LogP contribution >= 0.6 is 0 Å². The van der Waals surface area contributed by atoms with Gasteiger partial charge < -0.3 is 24.8 Å². The van der Waals surface area contributed by atoms with Gasteiger partial charge in [-0.3, -0.25) is 9.79 Å². The molecule has 2 aliphatic rings. The van der Waals surface area contributed by atoms with E-state index in [1.165, 1.54) is 26.1 Å². The number of carbonyl (C=O) groups excluding carboxylic acids is 1. The van der Waals surface area contributed by atoms with Gasteiger partial charge in [0.2, 0.25) is 0 Å². The summed E-state index contributed by atoms with van der Waals surface area (Å²) in [6.45, 7) is 10.8. The second kappa shape index (κ2) is 11.4. The molecular formula is C19H37N5O2. The minimum Gasteiger partial charge on any atom is -0.466 e. The first kappa shape index (κ1) is 21.0. The van der Waals surface area contributed by atoms with E-state index >= 15 is 0 Å². The molecule has 1 atom stereocenters. The van der Waals surface area contributed by atoms with Crippen LogP contribution < -0.4 is 5.32 Å². The summed E-state index contributed by atoms with van der Waals surface area (Å²) >= 11 is 0. The molecule has 7 heteroatoms. The lowest BCUT2D eigenvalue weighted by molar-refractivity contribution is -0.149. The summed E-state index contributed by atoms with van der Waals surface area (Å²) in [6, 6.07) is 0. The molecule has 0 aromatic carbocycles. The molecule has 0 amide bonds. The zero-order valence-corrected chi connectivity index (χ0v) is 16.9. The van der Waals surface area contributed by atoms with Crippen LogP contribution in [0, 0.1) is 5.92 Å². The Kier molecular flexibility index (Phi) is 9.18. The minimum absolute atomic E-state index is 0.0312. The molecule has 2 saturated heterocycles. The van der Waals surface area contributed by atoms with Crippen LogP contribution in [0.5, 0.6) is 0 Å². The number of ether oxygens (including phenoxy) is 1. The van der Waals surface area contributed by atoms with E-state index in [-0.39, 0.29) is 11.9 Å². The number of hydrogen-bond acceptors (Lipinski definition) is 5. The third-order valence-electron chi connectivity index (χ3n) is 5.30. The summed E-state index contributed by atoms with van der Waals surface area (Å²) in [4.78, 5) is 23.6. The highest BCUT2D eigenvalue weighted by molar-refractivity contribution is 5.81. The largest absolute Gasteiger partial charge is 0.466 e. The predicted octanol–water partition coefficient (Wildman–Crippen LogP) is 0.865. The first-order chi connectivity index (χ1) is 12.6. The van der Waals surface area contributed by atoms with E-state index in [4.69, 9.17) is 4.74 Å². The van der Waals surface area contributed by atoms with Gasteiger partial charge in [-0.05, 0) is 59.3 Å². The van der Waals surface area contributed by atoms with Crippen LogP contribution in [-0.2, 0) is 9.53 Å². The summed E-state index contributed by atoms with van der Waals surface area (Å²) in [6.07, 6.45) is 4.29. The van der Waals surface area contributed by atoms with Crippen molar-refractivity contribution >= 4 is 11.9 Å². The van der Waals surface area contributed by atoms with Gasteiger partial charge in [-0.1, -0.05) is 0 Å². The van der Waals surface area contributed by atoms with Crippen molar-refractivity contribution < 1.29 is 9.53 Å². The van der Waals surface area contributed by atoms with E-state index in [2.05, 4.69) is 32.1 Å². The van der Waals surface area contributed by atoms with Crippen LogP contribution in [0.1, 0.15) is 32.6 Å². The monoisotopic (exact) mass is 367 g/mol. The molecule has 150 valence electrons. The number of nitrogens with one attached hydrogen (secondary N) is 1. The Morgan fingerprint density at radius 2 is 2.04 bits per heavy atom. The lowest BCUT2D eigenvalue weighted by Crippen LogP contribution is -2.48. The van der Waals surface area contributed by atoms with Gasteiger partial charge in [0.15, 0.2) is 5.96 Å². The maximum atomic E-state index is 12.0. The Morgan fingerprint density at radius 1 is 1.19 bits per heavy atom. The molecule has 2 aliphatic heterocycles. The van der Waals surface area contributed by atoms with Gasteiger partial charge in [0, 0.05) is 39.8 Å². The number of guanidine groups is 1. The second-order valence-corrected chi connectivity index (χ2v) is 7.36. The topological polar surface area (TPSA) is 60.4 Å². The fourth-order valence-electron chi connectivity index (χ4n) is 3.78. The SMILES string of the molecule is CCOC(=O)C1CCCN(C(=NC)NCCCN2CCCN(C)CC2)C1. The highest BCUT2D eigenvalue weighted by atomic mass is 16.5. The van der Waals surface area contributed by atoms with Crippen molar-refractivity contribution in [3.05, 3.63) is 0 Å². The lowest BCUT2D eigenvalue weighted by Gasteiger charge is -2.34. The molecule has 0 bridgehead atoms. The highest BCUT2D eigenvalue weighted by Crippen LogP contribution is 2.18. The fraction of sp³-hybridized carbons (Fsp3) is 0.895. The maximum absolute atomic E-state index is 12.0. The molecule has 26 heavy (non-hydrogen) atoms. The Labute approximate surface area is 158 Å². The molecule has 0 radical (unpaired) electrons. The van der Waals surface area contributed by atoms with Crippen LogP contribution in [0.3, 0.4) is 0 Å². The highest BCUT2D eigenvalue weighted by Gasteiger charge is 2.28. The smallest absolute Gasteiger partial charge is 0.310 e. The number of aliphatic imine (C=N–C) groups is 1. The Balaban J connectivity index is 1.70. The van der Waals surface area contributed by atoms with Gasteiger partial charge in [-0.15, -0.1) is 0 Å². The Hall–Kier alpha value is -1.34. The Morgan fingerprint density at radius 3 is 2.81 bits per heavy atom. The number of carbonyl (C=O) groups is 1. The molecule has 2 fully saturated rings. The van der Waals surface area contributed by atoms with Crippen LogP contribution in [-0.4, -0.2) is 99.7 Å². The molecule has 0 aromatic rings. The number of likely N-dealkylation sites (tertiary alicyclic amines) is 1. The van der Waals surface area contributed by atoms with Crippen molar-refractivity contribution in [1.82, 2.24) is 20.0 Å². The van der Waals surface area contributed by atoms with E-state index in [9.17, 15) is 4.79 Å². The number of rotatable bonds is 6. The molecule has 2 heterocycles. The molecule has 0 aliphatic carbocycles. The Bertz CT molecular complexity index is 457. The zero-order chi connectivity index (χ0) is 18.8. The average molecular weight is 368 g/mol. The zero-order valence-electron chi connectivity index (χ0n) is 16.9. The van der Waals surface area contributed by atoms with Crippen molar-refractivity contribution in [1.29, 1.82) is 0 Å². The summed E-state index contributed by atoms with van der Waals surface area (Å²) in [7, 11) is 4.03. The summed E-state index contributed by atoms with van der Waals surface area (Å²) in [5, 5.41) is 3.48. The summed E-state index contributed by atoms with van der Waals surface area (Å²) in [5.74, 6) is 0.810. The number of nitrogens with zero attached hydrogens (tertiary/aromatic N) is 4. The van der Waals surface area contributed by atoms with Gasteiger partial charge in [0.25, 0.3) is 0 Å². The quantitative estimate of drug-likeness (QED) is 0.325. The first-order valence-corrected chi connectivity index (χ1v) is 10.2. The van der Waals surface area contributed by atoms with E-state index in [0.717, 1.165) is 51.4 Å². The molecular weight excluding hydrogens is 330 g/mol. The van der Waals surface area contributed by atoms with E-state index in [0.29, 0.717) is 13.2 Å². The fourth-order valence-corrected chi connectivity index (χ4v) is 3.78. The van der Waals surface area contributed by atoms with Crippen molar-refractivity contribution in [3.8, 4) is 0 Å². The van der Waals surface area contributed by atoms with E-state index < -0.39 is 0 Å². The summed E-state index contributed by atoms with van der Waals surface area (Å²) < 4.78 is 5.19. The van der Waals surface area contributed by atoms with Crippen molar-refractivity contribution in [2.24, 2.45) is 10.9 Å². The average Bonchev–Trinajstić information content (AvgIpc) is 2.86. The number of likely N-dealkylation sites (N-methyl/N-ethyl adjacent to an activating group) is 1. The van der Waals surface area contributed by atoms with Crippen LogP contribution in [0.4, 0.5) is 0 Å². The lowest BCUT2D eigenvalue weighted by atomic mass is 9.98. The van der Waals surface area contributed by atoms with Crippen LogP contribution in [0.2, 0.25) is 0 Å². The number of piperidine rings is 1. The molecule has 0 saturated carbocycles. The van der Waals surface area contributed by atoms with Gasteiger partial charge in [-0.2, -0.15) is 0 Å². The molecule has 2 rings (SSSR count). The third-order valence-corrected chi connectivity index (χ3v) is 5.30. The van der Waals surface area contributed by atoms with Gasteiger partial charge in [0.1, 0.15) is 0 Å². The second-order valence-electron chi connectivity index (χ2n) is 7.36. The van der Waals surface area contributed by atoms with Gasteiger partial charge >= 0.3 is 5.97 Å². The van der Waals surface area contributed by atoms with Gasteiger partial charge in [0.05, 0.1) is 12.5 Å². The number of esters is 1. The molecule has 0 aromatic heterocycles. The first-order valence-electron chi connectivity index (χ1n) is 10.2. The molecule has 1 unspecified atom stereocenters. The van der Waals surface area contributed by atoms with Gasteiger partial charge in [-0.25, -0.2) is 0 Å². The van der Waals surface area contributed by atoms with Crippen LogP contribution in [0.15, 0.2) is 4.99 Å². The van der Waals surface area contributed by atoms with Crippen molar-refractivity contribution in [3.63, 3.8) is 0 Å². The molecule has 0 spiro atoms. The maximum Gasteiger partial charge on any atom is 0.310 e. The van der Waals surface area contributed by atoms with Crippen molar-refractivity contribution in [2.75, 3.05) is 73.1 Å². The minimum atomic E-state index is -0.0706. The van der Waals surface area contributed by atoms with E-state index in [1.54, 1.807) is 0 Å². The molecule has 1 N–H and O–H groups in total. The van der Waals surface area contributed by atoms with Crippen LogP contribution in [0.25, 0.3) is 0 Å². The normalized spacial score (nSPS) is 23.6. The van der Waals surface area contributed by atoms with E-state index in [1.807, 2.05) is 14.0 Å². The summed E-state index contributed by atoms with van der Waals surface area (Å²) in [5.41, 5.74) is 0.